The number of ether oxygens (including phenoxy) is 1. The molecule has 41 heavy (non-hydrogen) atoms. The largest absolute Gasteiger partial charge is 0.507 e. The number of hydrogen-bond donors (Lipinski definition) is 1. The van der Waals surface area contributed by atoms with Gasteiger partial charge in [0.05, 0.1) is 11.5 Å². The highest BCUT2D eigenvalue weighted by Gasteiger charge is 2.31. The predicted octanol–water partition coefficient (Wildman–Crippen LogP) is 8.34. The number of rotatable bonds is 13. The predicted molar refractivity (Wildman–Crippen MR) is 171 cm³/mol. The molecule has 2 aromatic carbocycles. The minimum Gasteiger partial charge on any atom is -0.507 e. The lowest BCUT2D eigenvalue weighted by atomic mass is 9.73. The van der Waals surface area contributed by atoms with Crippen LogP contribution < -0.4 is 4.74 Å². The number of thioether (sulfide) groups is 1. The van der Waals surface area contributed by atoms with Crippen molar-refractivity contribution in [2.45, 2.75) is 83.5 Å². The summed E-state index contributed by atoms with van der Waals surface area (Å²) < 4.78 is 36.6. The van der Waals surface area contributed by atoms with Crippen LogP contribution in [0.1, 0.15) is 81.9 Å². The van der Waals surface area contributed by atoms with Gasteiger partial charge in [-0.25, -0.2) is 4.99 Å². The molecular formula is C33H45NO5S2. The first-order valence-corrected chi connectivity index (χ1v) is 16.9. The Kier molecular flexibility index (Phi) is 12.6. The molecule has 0 aromatic heterocycles. The van der Waals surface area contributed by atoms with Gasteiger partial charge < -0.3 is 9.84 Å². The Morgan fingerprint density at radius 1 is 1.15 bits per heavy atom. The van der Waals surface area contributed by atoms with Crippen LogP contribution in [0, 0.1) is 12.8 Å². The van der Waals surface area contributed by atoms with E-state index in [0.29, 0.717) is 23.2 Å². The van der Waals surface area contributed by atoms with Gasteiger partial charge in [0.25, 0.3) is 15.3 Å². The fraction of sp³-hybridized carbons (Fsp3) is 0.485. The lowest BCUT2D eigenvalue weighted by Gasteiger charge is -2.32. The monoisotopic (exact) mass is 599 g/mol. The molecule has 0 heterocycles. The van der Waals surface area contributed by atoms with Crippen LogP contribution in [0.4, 0.5) is 0 Å². The maximum Gasteiger partial charge on any atom is 0.296 e. The van der Waals surface area contributed by atoms with Crippen LogP contribution in [0.15, 0.2) is 70.1 Å². The third-order valence-corrected chi connectivity index (χ3v) is 9.74. The van der Waals surface area contributed by atoms with Gasteiger partial charge in [0.1, 0.15) is 11.5 Å². The van der Waals surface area contributed by atoms with Crippen LogP contribution in [0.25, 0.3) is 0 Å². The third-order valence-electron chi connectivity index (χ3n) is 7.40. The summed E-state index contributed by atoms with van der Waals surface area (Å²) in [6, 6.07) is 10.5. The average molecular weight is 600 g/mol. The van der Waals surface area contributed by atoms with Gasteiger partial charge in [0.2, 0.25) is 0 Å². The van der Waals surface area contributed by atoms with Crippen LogP contribution in [0.2, 0.25) is 0 Å². The topological polar surface area (TPSA) is 85.2 Å². The lowest BCUT2D eigenvalue weighted by Crippen LogP contribution is -2.19. The second-order valence-electron chi connectivity index (χ2n) is 10.9. The molecule has 1 aliphatic rings. The van der Waals surface area contributed by atoms with Crippen molar-refractivity contribution >= 4 is 27.1 Å². The molecule has 3 rings (SSSR count). The van der Waals surface area contributed by atoms with E-state index in [4.69, 9.17) is 8.92 Å². The highest BCUT2D eigenvalue weighted by molar-refractivity contribution is 8.13. The van der Waals surface area contributed by atoms with E-state index in [1.54, 1.807) is 31.3 Å². The number of nitrogens with zero attached hydrogens (tertiary/aromatic N) is 1. The van der Waals surface area contributed by atoms with E-state index in [1.807, 2.05) is 19.1 Å². The molecule has 0 aliphatic heterocycles. The van der Waals surface area contributed by atoms with E-state index in [1.165, 1.54) is 17.3 Å². The number of aromatic hydroxyl groups is 1. The van der Waals surface area contributed by atoms with Crippen molar-refractivity contribution in [3.63, 3.8) is 0 Å². The number of aliphatic imine (C=N–C) groups is 1. The molecule has 1 N–H and O–H groups in total. The van der Waals surface area contributed by atoms with Crippen molar-refractivity contribution < 1.29 is 22.4 Å². The summed E-state index contributed by atoms with van der Waals surface area (Å²) in [4.78, 5) is 4.51. The van der Waals surface area contributed by atoms with Crippen molar-refractivity contribution in [3.8, 4) is 11.5 Å². The molecule has 2 aromatic rings. The molecule has 6 nitrogen and oxygen atoms in total. The van der Waals surface area contributed by atoms with Crippen LogP contribution in [0.3, 0.4) is 0 Å². The van der Waals surface area contributed by atoms with Crippen molar-refractivity contribution in [1.82, 2.24) is 0 Å². The zero-order chi connectivity index (χ0) is 30.0. The SMILES string of the molecule is C=C(C)[C@@H]1CCC(C)=C[C@H]1c1c(O)cc(CCCCC)cc1OC(=NC)SCCCOS(=O)(=O)c1ccc(C)cc1. The van der Waals surface area contributed by atoms with Crippen molar-refractivity contribution in [2.24, 2.45) is 10.9 Å². The third kappa shape index (κ3) is 9.48. The zero-order valence-corrected chi connectivity index (χ0v) is 26.7. The average Bonchev–Trinajstić information content (AvgIpc) is 2.92. The Hall–Kier alpha value is -2.55. The molecule has 8 heteroatoms. The highest BCUT2D eigenvalue weighted by atomic mass is 32.2. The molecule has 0 saturated carbocycles. The number of hydrogen-bond acceptors (Lipinski definition) is 7. The van der Waals surface area contributed by atoms with E-state index in [2.05, 4.69) is 38.4 Å². The minimum atomic E-state index is -3.80. The molecule has 0 unspecified atom stereocenters. The van der Waals surface area contributed by atoms with Crippen LogP contribution in [-0.4, -0.2) is 38.2 Å². The summed E-state index contributed by atoms with van der Waals surface area (Å²) in [6.45, 7) is 12.6. The number of aryl methyl sites for hydroxylation is 2. The Bertz CT molecular complexity index is 1350. The Labute approximate surface area is 251 Å². The zero-order valence-electron chi connectivity index (χ0n) is 25.1. The first kappa shape index (κ1) is 33.0. The van der Waals surface area contributed by atoms with Gasteiger partial charge in [0, 0.05) is 24.3 Å². The Balaban J connectivity index is 1.74. The lowest BCUT2D eigenvalue weighted by molar-refractivity contribution is 0.319. The molecule has 2 atom stereocenters. The van der Waals surface area contributed by atoms with Gasteiger partial charge in [-0.3, -0.25) is 4.18 Å². The van der Waals surface area contributed by atoms with Crippen LogP contribution >= 0.6 is 11.8 Å². The van der Waals surface area contributed by atoms with Gasteiger partial charge in [-0.2, -0.15) is 8.42 Å². The van der Waals surface area contributed by atoms with Crippen LogP contribution in [-0.2, 0) is 20.7 Å². The van der Waals surface area contributed by atoms with Crippen molar-refractivity contribution in [2.75, 3.05) is 19.4 Å². The summed E-state index contributed by atoms with van der Waals surface area (Å²) in [5.41, 5.74) is 5.18. The minimum absolute atomic E-state index is 0.0376. The van der Waals surface area contributed by atoms with Gasteiger partial charge >= 0.3 is 0 Å². The van der Waals surface area contributed by atoms with E-state index in [-0.39, 0.29) is 29.1 Å². The van der Waals surface area contributed by atoms with E-state index >= 15 is 0 Å². The molecule has 0 amide bonds. The summed E-state index contributed by atoms with van der Waals surface area (Å²) in [5, 5.41) is 11.8. The summed E-state index contributed by atoms with van der Waals surface area (Å²) in [5.74, 6) is 1.59. The molecule has 0 fully saturated rings. The second kappa shape index (κ2) is 15.6. The fourth-order valence-corrected chi connectivity index (χ4v) is 6.77. The molecule has 0 saturated heterocycles. The summed E-state index contributed by atoms with van der Waals surface area (Å²) >= 11 is 1.40. The molecule has 1 aliphatic carbocycles. The fourth-order valence-electron chi connectivity index (χ4n) is 5.11. The quantitative estimate of drug-likeness (QED) is 0.0819. The smallest absolute Gasteiger partial charge is 0.296 e. The first-order valence-electron chi connectivity index (χ1n) is 14.5. The maximum atomic E-state index is 12.5. The number of phenols is 1. The van der Waals surface area contributed by atoms with Gasteiger partial charge in [-0.1, -0.05) is 73.0 Å². The van der Waals surface area contributed by atoms with Gasteiger partial charge in [-0.05, 0) is 88.6 Å². The number of unbranched alkanes of at least 4 members (excludes halogenated alkanes) is 2. The van der Waals surface area contributed by atoms with Gasteiger partial charge in [-0.15, -0.1) is 0 Å². The molecule has 224 valence electrons. The molecule has 0 spiro atoms. The maximum absolute atomic E-state index is 12.5. The highest BCUT2D eigenvalue weighted by Crippen LogP contribution is 2.47. The van der Waals surface area contributed by atoms with Crippen molar-refractivity contribution in [1.29, 1.82) is 0 Å². The van der Waals surface area contributed by atoms with E-state index < -0.39 is 10.1 Å². The second-order valence-corrected chi connectivity index (χ2v) is 13.6. The Morgan fingerprint density at radius 2 is 1.88 bits per heavy atom. The number of allylic oxidation sites excluding steroid dienone is 3. The number of benzene rings is 2. The van der Waals surface area contributed by atoms with Crippen molar-refractivity contribution in [3.05, 3.63) is 76.9 Å². The summed E-state index contributed by atoms with van der Waals surface area (Å²) in [6.07, 6.45) is 8.88. The molecule has 0 radical (unpaired) electrons. The summed E-state index contributed by atoms with van der Waals surface area (Å²) in [7, 11) is -2.12. The first-order chi connectivity index (χ1) is 19.6. The molecule has 0 bridgehead atoms. The Morgan fingerprint density at radius 3 is 2.54 bits per heavy atom. The van der Waals surface area contributed by atoms with E-state index in [0.717, 1.165) is 60.8 Å². The van der Waals surface area contributed by atoms with Gasteiger partial charge in [0.15, 0.2) is 0 Å². The van der Waals surface area contributed by atoms with E-state index in [9.17, 15) is 13.5 Å². The standard InChI is InChI=1S/C33H45NO5S2/c1-7-8-9-11-26-21-30(35)32(29-20-25(5)14-17-28(29)23(2)3)31(22-26)39-33(34-6)40-19-10-18-38-41(36,37)27-15-12-24(4)13-16-27/h12-13,15-16,20-22,28-29,35H,2,7-11,14,17-19H2,1,3-6H3/t28-,29+/m0/s1. The molecular weight excluding hydrogens is 554 g/mol. The normalized spacial score (nSPS) is 17.8. The van der Waals surface area contributed by atoms with Crippen LogP contribution in [0.5, 0.6) is 11.5 Å². The number of phenolic OH excluding ortho intramolecular Hbond substituents is 1.